The van der Waals surface area contributed by atoms with Crippen molar-refractivity contribution < 1.29 is 14.4 Å². The van der Waals surface area contributed by atoms with Gasteiger partial charge in [-0.2, -0.15) is 0 Å². The first-order chi connectivity index (χ1) is 20.3. The first-order valence-corrected chi connectivity index (χ1v) is 14.9. The zero-order valence-corrected chi connectivity index (χ0v) is 24.8. The largest absolute Gasteiger partial charge is 0.354 e. The van der Waals surface area contributed by atoms with Gasteiger partial charge in [-0.25, -0.2) is 0 Å². The lowest BCUT2D eigenvalue weighted by Gasteiger charge is -2.32. The van der Waals surface area contributed by atoms with Crippen LogP contribution >= 0.6 is 11.6 Å². The highest BCUT2D eigenvalue weighted by molar-refractivity contribution is 6.31. The van der Waals surface area contributed by atoms with Crippen molar-refractivity contribution in [2.75, 3.05) is 18.0 Å². The Bertz CT molecular complexity index is 1580. The monoisotopic (exact) mass is 581 g/mol. The number of amides is 3. The summed E-state index contributed by atoms with van der Waals surface area (Å²) in [5.41, 5.74) is 3.31. The molecular weight excluding hydrogens is 546 g/mol. The average Bonchev–Trinajstić information content (AvgIpc) is 3.27. The lowest BCUT2D eigenvalue weighted by Crippen LogP contribution is -2.51. The predicted octanol–water partition coefficient (Wildman–Crippen LogP) is 6.65. The van der Waals surface area contributed by atoms with E-state index in [1.54, 1.807) is 15.9 Å². The number of rotatable bonds is 12. The SMILES string of the molecule is CC(C)CNC(=O)[C@H](Cc1ccccc1)N(Cc1ccccc1Cl)C(=O)CCCN1C(=O)c2cccc3cccc1c23. The standard InChI is InChI=1S/C35H36ClN3O3/c1-24(2)22-37-34(41)31(21-25-11-4-3-5-12-25)39(23-27-13-6-7-17-29(27)36)32(40)19-10-20-38-30-18-9-15-26-14-8-16-28(33(26)30)35(38)42/h3-9,11-18,24,31H,10,19-23H2,1-2H3,(H,37,41)/t31-/m0/s1. The minimum absolute atomic E-state index is 0.0443. The molecule has 6 nitrogen and oxygen atoms in total. The first-order valence-electron chi connectivity index (χ1n) is 14.5. The van der Waals surface area contributed by atoms with Gasteiger partial charge in [0.15, 0.2) is 0 Å². The fourth-order valence-electron chi connectivity index (χ4n) is 5.52. The van der Waals surface area contributed by atoms with E-state index in [1.807, 2.05) is 98.8 Å². The molecule has 3 amide bonds. The summed E-state index contributed by atoms with van der Waals surface area (Å²) < 4.78 is 0. The minimum atomic E-state index is -0.721. The molecule has 0 spiro atoms. The van der Waals surface area contributed by atoms with Crippen LogP contribution in [0.1, 0.15) is 48.2 Å². The number of nitrogens with zero attached hydrogens (tertiary/aromatic N) is 2. The van der Waals surface area contributed by atoms with E-state index in [9.17, 15) is 14.4 Å². The average molecular weight is 582 g/mol. The number of benzene rings is 4. The Morgan fingerprint density at radius 1 is 0.905 bits per heavy atom. The van der Waals surface area contributed by atoms with E-state index < -0.39 is 6.04 Å². The number of anilines is 1. The smallest absolute Gasteiger partial charge is 0.258 e. The van der Waals surface area contributed by atoms with Crippen molar-refractivity contribution in [3.8, 4) is 0 Å². The highest BCUT2D eigenvalue weighted by Gasteiger charge is 2.32. The molecule has 1 heterocycles. The lowest BCUT2D eigenvalue weighted by atomic mass is 10.0. The fraction of sp³-hybridized carbons (Fsp3) is 0.286. The lowest BCUT2D eigenvalue weighted by molar-refractivity contribution is -0.141. The second-order valence-electron chi connectivity index (χ2n) is 11.2. The molecular formula is C35H36ClN3O3. The number of halogens is 1. The second kappa shape index (κ2) is 13.2. The molecule has 0 aromatic heterocycles. The van der Waals surface area contributed by atoms with Crippen LogP contribution in [0.2, 0.25) is 5.02 Å². The molecule has 4 aromatic rings. The molecule has 5 rings (SSSR count). The van der Waals surface area contributed by atoms with Crippen LogP contribution in [0.25, 0.3) is 10.8 Å². The van der Waals surface area contributed by atoms with Crippen LogP contribution in [0.3, 0.4) is 0 Å². The quantitative estimate of drug-likeness (QED) is 0.204. The predicted molar refractivity (Wildman–Crippen MR) is 169 cm³/mol. The zero-order valence-electron chi connectivity index (χ0n) is 24.1. The Morgan fingerprint density at radius 2 is 1.62 bits per heavy atom. The molecule has 42 heavy (non-hydrogen) atoms. The summed E-state index contributed by atoms with van der Waals surface area (Å²) in [6, 6.07) is 28.1. The second-order valence-corrected chi connectivity index (χ2v) is 11.6. The molecule has 0 aliphatic carbocycles. The van der Waals surface area contributed by atoms with E-state index in [0.29, 0.717) is 36.5 Å². The van der Waals surface area contributed by atoms with E-state index in [2.05, 4.69) is 5.32 Å². The van der Waals surface area contributed by atoms with Gasteiger partial charge in [-0.3, -0.25) is 14.4 Å². The molecule has 1 aliphatic heterocycles. The number of carbonyl (C=O) groups excluding carboxylic acids is 3. The van der Waals surface area contributed by atoms with Crippen LogP contribution in [0, 0.1) is 5.92 Å². The molecule has 0 saturated heterocycles. The third-order valence-electron chi connectivity index (χ3n) is 7.68. The highest BCUT2D eigenvalue weighted by Crippen LogP contribution is 2.37. The van der Waals surface area contributed by atoms with Gasteiger partial charge < -0.3 is 15.1 Å². The van der Waals surface area contributed by atoms with Crippen LogP contribution in [-0.4, -0.2) is 41.8 Å². The van der Waals surface area contributed by atoms with Crippen molar-refractivity contribution in [2.45, 2.75) is 45.7 Å². The van der Waals surface area contributed by atoms with E-state index in [1.165, 1.54) is 0 Å². The Hall–Kier alpha value is -4.16. The van der Waals surface area contributed by atoms with Crippen molar-refractivity contribution >= 4 is 45.8 Å². The van der Waals surface area contributed by atoms with Gasteiger partial charge in [-0.15, -0.1) is 0 Å². The Labute approximate surface area is 252 Å². The molecule has 0 radical (unpaired) electrons. The number of hydrogen-bond acceptors (Lipinski definition) is 3. The van der Waals surface area contributed by atoms with E-state index in [-0.39, 0.29) is 36.6 Å². The summed E-state index contributed by atoms with van der Waals surface area (Å²) in [5, 5.41) is 5.58. The van der Waals surface area contributed by atoms with Gasteiger partial charge in [0.05, 0.1) is 5.69 Å². The summed E-state index contributed by atoms with van der Waals surface area (Å²) in [5.74, 6) is -0.120. The maximum absolute atomic E-state index is 14.0. The summed E-state index contributed by atoms with van der Waals surface area (Å²) in [4.78, 5) is 44.3. The molecule has 0 unspecified atom stereocenters. The first kappa shape index (κ1) is 29.3. The molecule has 1 aliphatic rings. The summed E-state index contributed by atoms with van der Waals surface area (Å²) in [6.45, 7) is 5.20. The van der Waals surface area contributed by atoms with Crippen molar-refractivity contribution in [2.24, 2.45) is 5.92 Å². The van der Waals surface area contributed by atoms with Gasteiger partial charge in [-0.05, 0) is 47.1 Å². The van der Waals surface area contributed by atoms with Crippen LogP contribution in [-0.2, 0) is 22.6 Å². The number of hydrogen-bond donors (Lipinski definition) is 1. The third kappa shape index (κ3) is 6.50. The van der Waals surface area contributed by atoms with E-state index in [0.717, 1.165) is 27.6 Å². The molecule has 1 atom stereocenters. The molecule has 7 heteroatoms. The Morgan fingerprint density at radius 3 is 2.36 bits per heavy atom. The van der Waals surface area contributed by atoms with Crippen molar-refractivity contribution in [1.82, 2.24) is 10.2 Å². The van der Waals surface area contributed by atoms with Gasteiger partial charge in [0.1, 0.15) is 6.04 Å². The number of nitrogens with one attached hydrogen (secondary N) is 1. The van der Waals surface area contributed by atoms with Gasteiger partial charge >= 0.3 is 0 Å². The third-order valence-corrected chi connectivity index (χ3v) is 8.04. The maximum Gasteiger partial charge on any atom is 0.258 e. The van der Waals surface area contributed by atoms with Crippen LogP contribution in [0.15, 0.2) is 91.0 Å². The summed E-state index contributed by atoms with van der Waals surface area (Å²) >= 11 is 6.53. The van der Waals surface area contributed by atoms with E-state index in [4.69, 9.17) is 11.6 Å². The topological polar surface area (TPSA) is 69.7 Å². The van der Waals surface area contributed by atoms with E-state index >= 15 is 0 Å². The molecule has 0 bridgehead atoms. The Kier molecular flexibility index (Phi) is 9.23. The number of carbonyl (C=O) groups is 3. The maximum atomic E-state index is 14.0. The van der Waals surface area contributed by atoms with Crippen molar-refractivity contribution in [3.63, 3.8) is 0 Å². The minimum Gasteiger partial charge on any atom is -0.354 e. The van der Waals surface area contributed by atoms with Crippen LogP contribution in [0.5, 0.6) is 0 Å². The normalized spacial score (nSPS) is 13.0. The van der Waals surface area contributed by atoms with Gasteiger partial charge in [-0.1, -0.05) is 98.2 Å². The zero-order chi connectivity index (χ0) is 29.6. The van der Waals surface area contributed by atoms with Crippen molar-refractivity contribution in [3.05, 3.63) is 113 Å². The molecule has 216 valence electrons. The Balaban J connectivity index is 1.38. The highest BCUT2D eigenvalue weighted by atomic mass is 35.5. The summed E-state index contributed by atoms with van der Waals surface area (Å²) in [6.07, 6.45) is 1.02. The fourth-order valence-corrected chi connectivity index (χ4v) is 5.72. The van der Waals surface area contributed by atoms with Crippen LogP contribution in [0.4, 0.5) is 5.69 Å². The van der Waals surface area contributed by atoms with Gasteiger partial charge in [0.2, 0.25) is 11.8 Å². The summed E-state index contributed by atoms with van der Waals surface area (Å²) in [7, 11) is 0. The van der Waals surface area contributed by atoms with Gasteiger partial charge in [0.25, 0.3) is 5.91 Å². The van der Waals surface area contributed by atoms with Crippen LogP contribution < -0.4 is 10.2 Å². The molecule has 1 N–H and O–H groups in total. The molecule has 4 aromatic carbocycles. The molecule has 0 fully saturated rings. The van der Waals surface area contributed by atoms with Gasteiger partial charge in [0, 0.05) is 48.4 Å². The van der Waals surface area contributed by atoms with Crippen molar-refractivity contribution in [1.29, 1.82) is 0 Å². The molecule has 0 saturated carbocycles.